The Kier molecular flexibility index (Phi) is 5.32. The van der Waals surface area contributed by atoms with Gasteiger partial charge in [0.25, 0.3) is 0 Å². The van der Waals surface area contributed by atoms with Crippen LogP contribution in [0, 0.1) is 5.82 Å². The number of sulfonamides is 1. The largest absolute Gasteiger partial charge is 0.266 e. The van der Waals surface area contributed by atoms with Crippen molar-refractivity contribution in [1.82, 2.24) is 4.98 Å². The maximum absolute atomic E-state index is 14.1. The number of halogens is 1. The second-order valence-electron chi connectivity index (χ2n) is 5.80. The number of nitrogens with zero attached hydrogens (tertiary/aromatic N) is 2. The van der Waals surface area contributed by atoms with E-state index in [4.69, 9.17) is 0 Å². The zero-order chi connectivity index (χ0) is 18.6. The van der Waals surface area contributed by atoms with Crippen molar-refractivity contribution in [3.63, 3.8) is 0 Å². The third kappa shape index (κ3) is 3.91. The average Bonchev–Trinajstić information content (AvgIpc) is 2.67. The summed E-state index contributed by atoms with van der Waals surface area (Å²) in [4.78, 5) is 4.04. The molecule has 3 aromatic rings. The lowest BCUT2D eigenvalue weighted by atomic mass is 10.0. The zero-order valence-corrected chi connectivity index (χ0v) is 15.2. The third-order valence-electron chi connectivity index (χ3n) is 4.07. The summed E-state index contributed by atoms with van der Waals surface area (Å²) in [5.74, 6) is -0.376. The summed E-state index contributed by atoms with van der Waals surface area (Å²) in [6.45, 7) is 1.77. The van der Waals surface area contributed by atoms with Gasteiger partial charge >= 0.3 is 0 Å². The fourth-order valence-electron chi connectivity index (χ4n) is 2.69. The molecule has 0 aliphatic rings. The van der Waals surface area contributed by atoms with Crippen LogP contribution in [0.4, 0.5) is 10.1 Å². The zero-order valence-electron chi connectivity index (χ0n) is 14.3. The van der Waals surface area contributed by atoms with Crippen molar-refractivity contribution >= 4 is 15.7 Å². The maximum atomic E-state index is 14.1. The molecule has 0 saturated carbocycles. The first-order valence-corrected chi connectivity index (χ1v) is 9.86. The molecule has 0 unspecified atom stereocenters. The lowest BCUT2D eigenvalue weighted by Gasteiger charge is -2.24. The second-order valence-corrected chi connectivity index (χ2v) is 7.98. The molecule has 0 radical (unpaired) electrons. The van der Waals surface area contributed by atoms with Crippen molar-refractivity contribution in [2.75, 3.05) is 10.1 Å². The van der Waals surface area contributed by atoms with Crippen LogP contribution in [0.1, 0.15) is 12.5 Å². The average molecular weight is 370 g/mol. The molecule has 0 N–H and O–H groups in total. The Morgan fingerprint density at radius 3 is 2.54 bits per heavy atom. The van der Waals surface area contributed by atoms with E-state index in [1.165, 1.54) is 10.4 Å². The topological polar surface area (TPSA) is 50.3 Å². The van der Waals surface area contributed by atoms with Gasteiger partial charge in [-0.2, -0.15) is 0 Å². The fraction of sp³-hybridized carbons (Fsp3) is 0.150. The molecule has 0 bridgehead atoms. The molecule has 0 fully saturated rings. The molecule has 4 nitrogen and oxygen atoms in total. The Bertz CT molecular complexity index is 991. The van der Waals surface area contributed by atoms with E-state index in [0.29, 0.717) is 16.8 Å². The normalized spacial score (nSPS) is 11.3. The van der Waals surface area contributed by atoms with Crippen molar-refractivity contribution in [2.45, 2.75) is 13.5 Å². The highest BCUT2D eigenvalue weighted by Gasteiger charge is 2.21. The molecule has 0 aliphatic heterocycles. The summed E-state index contributed by atoms with van der Waals surface area (Å²) in [5.41, 5.74) is 2.34. The molecule has 1 heterocycles. The lowest BCUT2D eigenvalue weighted by Crippen LogP contribution is -2.31. The van der Waals surface area contributed by atoms with Crippen LogP contribution in [0.15, 0.2) is 73.1 Å². The number of aromatic nitrogens is 1. The number of hydrogen-bond donors (Lipinski definition) is 0. The van der Waals surface area contributed by atoms with Gasteiger partial charge in [-0.25, -0.2) is 12.8 Å². The quantitative estimate of drug-likeness (QED) is 0.652. The standard InChI is InChI=1S/C20H19FN2O2S/c1-2-26(24,25)23(15-16-7-6-12-22-14-16)18-9-5-8-17(13-18)19-10-3-4-11-20(19)21/h3-14H,2,15H2,1H3. The van der Waals surface area contributed by atoms with Crippen molar-refractivity contribution < 1.29 is 12.8 Å². The van der Waals surface area contributed by atoms with Crippen LogP contribution in [0.25, 0.3) is 11.1 Å². The van der Waals surface area contributed by atoms with E-state index in [-0.39, 0.29) is 18.1 Å². The van der Waals surface area contributed by atoms with Gasteiger partial charge in [-0.15, -0.1) is 0 Å². The third-order valence-corrected chi connectivity index (χ3v) is 5.81. The van der Waals surface area contributed by atoms with Gasteiger partial charge in [-0.05, 0) is 42.3 Å². The van der Waals surface area contributed by atoms with Gasteiger partial charge < -0.3 is 0 Å². The van der Waals surface area contributed by atoms with Gasteiger partial charge in [-0.1, -0.05) is 36.4 Å². The highest BCUT2D eigenvalue weighted by molar-refractivity contribution is 7.92. The number of benzene rings is 2. The van der Waals surface area contributed by atoms with Crippen molar-refractivity contribution in [3.05, 3.63) is 84.4 Å². The molecule has 0 spiro atoms. The molecule has 0 atom stereocenters. The van der Waals surface area contributed by atoms with Gasteiger partial charge in [0, 0.05) is 18.0 Å². The van der Waals surface area contributed by atoms with E-state index >= 15 is 0 Å². The molecule has 134 valence electrons. The highest BCUT2D eigenvalue weighted by Crippen LogP contribution is 2.29. The van der Waals surface area contributed by atoms with E-state index in [9.17, 15) is 12.8 Å². The molecule has 6 heteroatoms. The summed E-state index contributed by atoms with van der Waals surface area (Å²) < 4.78 is 40.8. The second kappa shape index (κ2) is 7.66. The summed E-state index contributed by atoms with van der Waals surface area (Å²) in [6.07, 6.45) is 3.28. The van der Waals surface area contributed by atoms with Gasteiger partial charge in [-0.3, -0.25) is 9.29 Å². The minimum atomic E-state index is -3.51. The molecular formula is C20H19FN2O2S. The number of rotatable bonds is 6. The molecule has 2 aromatic carbocycles. The van der Waals surface area contributed by atoms with Crippen molar-refractivity contribution in [1.29, 1.82) is 0 Å². The molecule has 26 heavy (non-hydrogen) atoms. The van der Waals surface area contributed by atoms with Crippen LogP contribution >= 0.6 is 0 Å². The first-order valence-electron chi connectivity index (χ1n) is 8.25. The van der Waals surface area contributed by atoms with Gasteiger partial charge in [0.2, 0.25) is 10.0 Å². The van der Waals surface area contributed by atoms with Crippen LogP contribution in [0.5, 0.6) is 0 Å². The summed E-state index contributed by atoms with van der Waals surface area (Å²) in [6, 6.07) is 16.9. The molecule has 1 aromatic heterocycles. The highest BCUT2D eigenvalue weighted by atomic mass is 32.2. The summed E-state index contributed by atoms with van der Waals surface area (Å²) in [7, 11) is -3.51. The summed E-state index contributed by atoms with van der Waals surface area (Å²) in [5, 5.41) is 0. The SMILES string of the molecule is CCS(=O)(=O)N(Cc1cccnc1)c1cccc(-c2ccccc2F)c1. The number of pyridine rings is 1. The molecule has 0 aliphatic carbocycles. The lowest BCUT2D eigenvalue weighted by molar-refractivity contribution is 0.591. The smallest absolute Gasteiger partial charge is 0.235 e. The van der Waals surface area contributed by atoms with Crippen LogP contribution in [0.3, 0.4) is 0 Å². The first-order chi connectivity index (χ1) is 12.5. The predicted molar refractivity (Wildman–Crippen MR) is 102 cm³/mol. The molecule has 0 saturated heterocycles. The van der Waals surface area contributed by atoms with E-state index in [2.05, 4.69) is 4.98 Å². The van der Waals surface area contributed by atoms with Crippen molar-refractivity contribution in [2.24, 2.45) is 0 Å². The van der Waals surface area contributed by atoms with E-state index in [1.807, 2.05) is 6.07 Å². The number of hydrogen-bond acceptors (Lipinski definition) is 3. The fourth-order valence-corrected chi connectivity index (χ4v) is 3.78. The van der Waals surface area contributed by atoms with Gasteiger partial charge in [0.15, 0.2) is 0 Å². The molecule has 0 amide bonds. The molecular weight excluding hydrogens is 351 g/mol. The van der Waals surface area contributed by atoms with Crippen molar-refractivity contribution in [3.8, 4) is 11.1 Å². The monoisotopic (exact) mass is 370 g/mol. The Morgan fingerprint density at radius 2 is 1.85 bits per heavy atom. The first kappa shape index (κ1) is 18.1. The van der Waals surface area contributed by atoms with Crippen LogP contribution in [-0.2, 0) is 16.6 Å². The Labute approximate surface area is 153 Å². The van der Waals surface area contributed by atoms with E-state index in [0.717, 1.165) is 5.56 Å². The van der Waals surface area contributed by atoms with Crippen LogP contribution in [0.2, 0.25) is 0 Å². The van der Waals surface area contributed by atoms with Crippen LogP contribution in [-0.4, -0.2) is 19.2 Å². The van der Waals surface area contributed by atoms with Gasteiger partial charge in [0.05, 0.1) is 18.0 Å². The van der Waals surface area contributed by atoms with E-state index in [1.54, 1.807) is 67.8 Å². The van der Waals surface area contributed by atoms with E-state index < -0.39 is 10.0 Å². The Balaban J connectivity index is 2.05. The Hall–Kier alpha value is -2.73. The predicted octanol–water partition coefficient (Wildman–Crippen LogP) is 4.24. The van der Waals surface area contributed by atoms with Gasteiger partial charge in [0.1, 0.15) is 5.82 Å². The molecule has 3 rings (SSSR count). The van der Waals surface area contributed by atoms with Crippen LogP contribution < -0.4 is 4.31 Å². The maximum Gasteiger partial charge on any atom is 0.235 e. The number of anilines is 1. The minimum Gasteiger partial charge on any atom is -0.266 e. The summed E-state index contributed by atoms with van der Waals surface area (Å²) >= 11 is 0. The Morgan fingerprint density at radius 1 is 1.04 bits per heavy atom. The minimum absolute atomic E-state index is 0.0306.